The molecule has 2 N–H and O–H groups in total. The minimum absolute atomic E-state index is 0.0392. The fourth-order valence-electron chi connectivity index (χ4n) is 1.90. The number of carbonyl (C=O) groups excluding carboxylic acids is 1. The zero-order valence-electron chi connectivity index (χ0n) is 11.5. The van der Waals surface area contributed by atoms with E-state index in [2.05, 4.69) is 4.98 Å². The van der Waals surface area contributed by atoms with Crippen LogP contribution in [0.15, 0.2) is 35.7 Å². The Morgan fingerprint density at radius 3 is 2.81 bits per heavy atom. The van der Waals surface area contributed by atoms with Crippen molar-refractivity contribution >= 4 is 17.2 Å². The van der Waals surface area contributed by atoms with Crippen LogP contribution in [0.2, 0.25) is 0 Å². The molecule has 1 amide bonds. The molecular formula is C15H16N4OS. The predicted molar refractivity (Wildman–Crippen MR) is 81.7 cm³/mol. The van der Waals surface area contributed by atoms with Crippen LogP contribution < -0.4 is 5.73 Å². The maximum atomic E-state index is 12.4. The van der Waals surface area contributed by atoms with Gasteiger partial charge in [-0.3, -0.25) is 4.79 Å². The second kappa shape index (κ2) is 7.53. The Morgan fingerprint density at radius 2 is 2.14 bits per heavy atom. The minimum Gasteiger partial charge on any atom is -0.330 e. The highest BCUT2D eigenvalue weighted by molar-refractivity contribution is 7.09. The van der Waals surface area contributed by atoms with E-state index in [9.17, 15) is 4.79 Å². The Morgan fingerprint density at radius 1 is 1.38 bits per heavy atom. The van der Waals surface area contributed by atoms with Gasteiger partial charge in [-0.15, -0.1) is 11.3 Å². The standard InChI is InChI=1S/C15H16N4OS/c16-7-6-14-18-13(11-21-14)15(20)19(9-8-17)10-12-4-2-1-3-5-12/h1-5,11H,6-7,9-10,16H2. The Balaban J connectivity index is 2.13. The van der Waals surface area contributed by atoms with E-state index in [4.69, 9.17) is 11.0 Å². The SMILES string of the molecule is N#CCN(Cc1ccccc1)C(=O)c1csc(CCN)n1. The van der Waals surface area contributed by atoms with Crippen molar-refractivity contribution in [2.75, 3.05) is 13.1 Å². The van der Waals surface area contributed by atoms with E-state index in [1.807, 2.05) is 36.4 Å². The van der Waals surface area contributed by atoms with Crippen LogP contribution >= 0.6 is 11.3 Å². The zero-order valence-corrected chi connectivity index (χ0v) is 12.3. The normalized spacial score (nSPS) is 10.1. The number of nitrogens with two attached hydrogens (primary N) is 1. The Hall–Kier alpha value is -2.23. The fraction of sp³-hybridized carbons (Fsp3) is 0.267. The van der Waals surface area contributed by atoms with Crippen LogP contribution in [-0.4, -0.2) is 28.9 Å². The van der Waals surface area contributed by atoms with Crippen LogP contribution in [0.1, 0.15) is 21.1 Å². The quantitative estimate of drug-likeness (QED) is 0.825. The summed E-state index contributed by atoms with van der Waals surface area (Å²) in [5.74, 6) is -0.222. The Bertz CT molecular complexity index is 633. The van der Waals surface area contributed by atoms with Gasteiger partial charge >= 0.3 is 0 Å². The summed E-state index contributed by atoms with van der Waals surface area (Å²) in [6, 6.07) is 11.6. The summed E-state index contributed by atoms with van der Waals surface area (Å²) in [5, 5.41) is 11.5. The molecule has 21 heavy (non-hydrogen) atoms. The van der Waals surface area contributed by atoms with Crippen molar-refractivity contribution in [3.05, 3.63) is 52.0 Å². The summed E-state index contributed by atoms with van der Waals surface area (Å²) >= 11 is 1.42. The number of carbonyl (C=O) groups is 1. The molecule has 0 unspecified atom stereocenters. The lowest BCUT2D eigenvalue weighted by Gasteiger charge is -2.18. The highest BCUT2D eigenvalue weighted by atomic mass is 32.1. The summed E-state index contributed by atoms with van der Waals surface area (Å²) < 4.78 is 0. The molecule has 0 saturated heterocycles. The summed E-state index contributed by atoms with van der Waals surface area (Å²) in [6.45, 7) is 0.946. The molecule has 0 bridgehead atoms. The molecule has 0 radical (unpaired) electrons. The Kier molecular flexibility index (Phi) is 5.43. The van der Waals surface area contributed by atoms with E-state index in [-0.39, 0.29) is 12.5 Å². The minimum atomic E-state index is -0.222. The van der Waals surface area contributed by atoms with Gasteiger partial charge in [0.05, 0.1) is 11.1 Å². The van der Waals surface area contributed by atoms with Gasteiger partial charge in [0.2, 0.25) is 0 Å². The number of benzene rings is 1. The lowest BCUT2D eigenvalue weighted by molar-refractivity contribution is 0.0759. The van der Waals surface area contributed by atoms with Gasteiger partial charge in [-0.2, -0.15) is 5.26 Å². The van der Waals surface area contributed by atoms with Gasteiger partial charge in [-0.05, 0) is 12.1 Å². The van der Waals surface area contributed by atoms with Gasteiger partial charge in [0, 0.05) is 18.3 Å². The summed E-state index contributed by atoms with van der Waals surface area (Å²) in [4.78, 5) is 18.2. The number of nitriles is 1. The highest BCUT2D eigenvalue weighted by Gasteiger charge is 2.18. The average molecular weight is 300 g/mol. The van der Waals surface area contributed by atoms with Gasteiger partial charge in [0.1, 0.15) is 12.2 Å². The van der Waals surface area contributed by atoms with Crippen molar-refractivity contribution in [3.8, 4) is 6.07 Å². The third-order valence-corrected chi connectivity index (χ3v) is 3.80. The second-order valence-corrected chi connectivity index (χ2v) is 5.41. The van der Waals surface area contributed by atoms with Crippen LogP contribution in [0.5, 0.6) is 0 Å². The molecule has 0 spiro atoms. The van der Waals surface area contributed by atoms with E-state index in [0.29, 0.717) is 25.2 Å². The van der Waals surface area contributed by atoms with Crippen LogP contribution in [0.4, 0.5) is 0 Å². The summed E-state index contributed by atoms with van der Waals surface area (Å²) in [6.07, 6.45) is 0.662. The number of hydrogen-bond donors (Lipinski definition) is 1. The third kappa shape index (κ3) is 4.12. The van der Waals surface area contributed by atoms with Crippen LogP contribution in [0.3, 0.4) is 0 Å². The molecule has 0 atom stereocenters. The molecule has 0 aliphatic rings. The first-order valence-electron chi connectivity index (χ1n) is 6.59. The van der Waals surface area contributed by atoms with Crippen molar-refractivity contribution in [2.45, 2.75) is 13.0 Å². The molecule has 2 rings (SSSR count). The van der Waals surface area contributed by atoms with Gasteiger partial charge < -0.3 is 10.6 Å². The second-order valence-electron chi connectivity index (χ2n) is 4.47. The van der Waals surface area contributed by atoms with Crippen molar-refractivity contribution in [3.63, 3.8) is 0 Å². The fourth-order valence-corrected chi connectivity index (χ4v) is 2.69. The molecule has 1 heterocycles. The number of aromatic nitrogens is 1. The molecule has 0 saturated carbocycles. The molecular weight excluding hydrogens is 284 g/mol. The smallest absolute Gasteiger partial charge is 0.274 e. The van der Waals surface area contributed by atoms with Crippen LogP contribution in [0.25, 0.3) is 0 Å². The summed E-state index contributed by atoms with van der Waals surface area (Å²) in [5.41, 5.74) is 6.85. The van der Waals surface area contributed by atoms with Crippen molar-refractivity contribution in [1.29, 1.82) is 5.26 Å². The molecule has 108 valence electrons. The van der Waals surface area contributed by atoms with Crippen molar-refractivity contribution in [2.24, 2.45) is 5.73 Å². The monoisotopic (exact) mass is 300 g/mol. The molecule has 0 aliphatic heterocycles. The lowest BCUT2D eigenvalue weighted by atomic mass is 10.2. The first-order valence-corrected chi connectivity index (χ1v) is 7.47. The highest BCUT2D eigenvalue weighted by Crippen LogP contribution is 2.14. The first-order chi connectivity index (χ1) is 10.2. The van der Waals surface area contributed by atoms with Crippen LogP contribution in [-0.2, 0) is 13.0 Å². The first kappa shape index (κ1) is 15.2. The molecule has 2 aromatic rings. The van der Waals surface area contributed by atoms with Gasteiger partial charge in [-0.25, -0.2) is 4.98 Å². The topological polar surface area (TPSA) is 83.0 Å². The van der Waals surface area contributed by atoms with Gasteiger partial charge in [-0.1, -0.05) is 30.3 Å². The van der Waals surface area contributed by atoms with E-state index in [1.165, 1.54) is 16.2 Å². The zero-order chi connectivity index (χ0) is 15.1. The molecule has 1 aromatic carbocycles. The van der Waals surface area contributed by atoms with E-state index >= 15 is 0 Å². The number of hydrogen-bond acceptors (Lipinski definition) is 5. The molecule has 6 heteroatoms. The maximum Gasteiger partial charge on any atom is 0.274 e. The van der Waals surface area contributed by atoms with Gasteiger partial charge in [0.15, 0.2) is 0 Å². The third-order valence-electron chi connectivity index (χ3n) is 2.89. The number of amides is 1. The molecule has 5 nitrogen and oxygen atoms in total. The van der Waals surface area contributed by atoms with Gasteiger partial charge in [0.25, 0.3) is 5.91 Å². The Labute approximate surface area is 127 Å². The van der Waals surface area contributed by atoms with E-state index in [0.717, 1.165) is 10.6 Å². The van der Waals surface area contributed by atoms with E-state index < -0.39 is 0 Å². The van der Waals surface area contributed by atoms with Crippen LogP contribution in [0, 0.1) is 11.3 Å². The van der Waals surface area contributed by atoms with E-state index in [1.54, 1.807) is 5.38 Å². The maximum absolute atomic E-state index is 12.4. The lowest BCUT2D eigenvalue weighted by Crippen LogP contribution is -2.31. The molecule has 0 aliphatic carbocycles. The molecule has 1 aromatic heterocycles. The number of thiazole rings is 1. The predicted octanol–water partition coefficient (Wildman–Crippen LogP) is 1.81. The average Bonchev–Trinajstić information content (AvgIpc) is 2.96. The molecule has 0 fully saturated rings. The number of rotatable bonds is 6. The number of nitrogens with zero attached hydrogens (tertiary/aromatic N) is 3. The summed E-state index contributed by atoms with van der Waals surface area (Å²) in [7, 11) is 0. The van der Waals surface area contributed by atoms with Crippen molar-refractivity contribution < 1.29 is 4.79 Å². The largest absolute Gasteiger partial charge is 0.330 e. The van der Waals surface area contributed by atoms with Crippen molar-refractivity contribution in [1.82, 2.24) is 9.88 Å².